The van der Waals surface area contributed by atoms with Crippen LogP contribution in [0.2, 0.25) is 0 Å². The minimum Gasteiger partial charge on any atom is -0.503 e. The molecule has 84 valence electrons. The van der Waals surface area contributed by atoms with E-state index in [1.807, 2.05) is 0 Å². The second kappa shape index (κ2) is 3.73. The molecule has 1 rings (SSSR count). The Labute approximate surface area is 85.5 Å². The van der Waals surface area contributed by atoms with Crippen LogP contribution < -0.4 is 5.73 Å². The van der Waals surface area contributed by atoms with Crippen LogP contribution in [0.15, 0.2) is 6.07 Å². The first-order chi connectivity index (χ1) is 6.72. The summed E-state index contributed by atoms with van der Waals surface area (Å²) in [6, 6.07) is 0.707. The second-order valence-electron chi connectivity index (χ2n) is 4.16. The van der Waals surface area contributed by atoms with E-state index in [-0.39, 0.29) is 12.0 Å². The Bertz CT molecular complexity index is 385. The quantitative estimate of drug-likeness (QED) is 0.748. The van der Waals surface area contributed by atoms with Gasteiger partial charge in [0, 0.05) is 5.54 Å². The summed E-state index contributed by atoms with van der Waals surface area (Å²) in [7, 11) is 0. The lowest BCUT2D eigenvalue weighted by molar-refractivity contribution is 0.369. The van der Waals surface area contributed by atoms with Gasteiger partial charge < -0.3 is 10.8 Å². The van der Waals surface area contributed by atoms with E-state index in [0.29, 0.717) is 6.07 Å². The van der Waals surface area contributed by atoms with E-state index in [0.717, 1.165) is 0 Å². The Kier molecular flexibility index (Phi) is 2.95. The number of benzene rings is 1. The third-order valence-electron chi connectivity index (χ3n) is 1.85. The summed E-state index contributed by atoms with van der Waals surface area (Å²) in [5, 5.41) is 8.93. The highest BCUT2D eigenvalue weighted by molar-refractivity contribution is 5.33. The van der Waals surface area contributed by atoms with Crippen LogP contribution in [0.5, 0.6) is 5.75 Å². The van der Waals surface area contributed by atoms with Crippen LogP contribution in [0.3, 0.4) is 0 Å². The zero-order valence-electron chi connectivity index (χ0n) is 8.44. The molecule has 0 heterocycles. The summed E-state index contributed by atoms with van der Waals surface area (Å²) in [5.74, 6) is -5.32. The number of hydrogen-bond donors (Lipinski definition) is 2. The Morgan fingerprint density at radius 1 is 1.27 bits per heavy atom. The highest BCUT2D eigenvalue weighted by Gasteiger charge is 2.21. The first kappa shape index (κ1) is 11.8. The molecule has 3 N–H and O–H groups in total. The summed E-state index contributed by atoms with van der Waals surface area (Å²) in [4.78, 5) is 0. The average molecular weight is 219 g/mol. The molecule has 0 unspecified atom stereocenters. The number of rotatable bonds is 2. The van der Waals surface area contributed by atoms with Gasteiger partial charge in [-0.25, -0.2) is 8.78 Å². The van der Waals surface area contributed by atoms with Crippen LogP contribution >= 0.6 is 0 Å². The molecular formula is C10H12F3NO. The van der Waals surface area contributed by atoms with E-state index in [9.17, 15) is 13.2 Å². The standard InChI is InChI=1S/C10H12F3NO/c1-10(2,14)4-5-3-6(11)8(13)9(15)7(5)12/h3,15H,4,14H2,1-2H3. The van der Waals surface area contributed by atoms with Crippen LogP contribution in [0, 0.1) is 17.5 Å². The lowest BCUT2D eigenvalue weighted by atomic mass is 9.95. The van der Waals surface area contributed by atoms with Gasteiger partial charge in [0.15, 0.2) is 17.4 Å². The molecule has 1 aromatic carbocycles. The molecule has 0 aliphatic heterocycles. The maximum absolute atomic E-state index is 13.3. The van der Waals surface area contributed by atoms with Crippen molar-refractivity contribution in [2.75, 3.05) is 0 Å². The summed E-state index contributed by atoms with van der Waals surface area (Å²) in [6.45, 7) is 3.23. The first-order valence-corrected chi connectivity index (χ1v) is 4.36. The molecule has 0 atom stereocenters. The maximum atomic E-state index is 13.3. The molecule has 0 saturated heterocycles. The van der Waals surface area contributed by atoms with Crippen molar-refractivity contribution in [3.63, 3.8) is 0 Å². The van der Waals surface area contributed by atoms with Gasteiger partial charge in [0.1, 0.15) is 0 Å². The van der Waals surface area contributed by atoms with Crippen molar-refractivity contribution in [2.24, 2.45) is 5.73 Å². The van der Waals surface area contributed by atoms with E-state index in [4.69, 9.17) is 10.8 Å². The van der Waals surface area contributed by atoms with Gasteiger partial charge >= 0.3 is 0 Å². The van der Waals surface area contributed by atoms with Crippen LogP contribution in [-0.4, -0.2) is 10.6 Å². The molecule has 0 bridgehead atoms. The fourth-order valence-electron chi connectivity index (χ4n) is 1.26. The smallest absolute Gasteiger partial charge is 0.203 e. The van der Waals surface area contributed by atoms with Crippen molar-refractivity contribution >= 4 is 0 Å². The Morgan fingerprint density at radius 3 is 2.27 bits per heavy atom. The molecule has 0 amide bonds. The molecule has 1 aromatic rings. The molecule has 0 aliphatic carbocycles. The van der Waals surface area contributed by atoms with Gasteiger partial charge in [0.05, 0.1) is 0 Å². The topological polar surface area (TPSA) is 46.2 Å². The number of halogens is 3. The monoisotopic (exact) mass is 219 g/mol. The van der Waals surface area contributed by atoms with Gasteiger partial charge in [0.2, 0.25) is 5.82 Å². The largest absolute Gasteiger partial charge is 0.503 e. The molecule has 5 heteroatoms. The summed E-state index contributed by atoms with van der Waals surface area (Å²) < 4.78 is 38.8. The molecule has 0 fully saturated rings. The SMILES string of the molecule is CC(C)(N)Cc1cc(F)c(F)c(O)c1F. The zero-order valence-corrected chi connectivity index (χ0v) is 8.44. The van der Waals surface area contributed by atoms with Crippen molar-refractivity contribution in [3.05, 3.63) is 29.1 Å². The van der Waals surface area contributed by atoms with E-state index in [1.54, 1.807) is 13.8 Å². The number of phenolic OH excluding ortho intramolecular Hbond substituents is 1. The van der Waals surface area contributed by atoms with Gasteiger partial charge in [-0.3, -0.25) is 0 Å². The highest BCUT2D eigenvalue weighted by Crippen LogP contribution is 2.27. The van der Waals surface area contributed by atoms with Gasteiger partial charge in [-0.2, -0.15) is 4.39 Å². The predicted octanol–water partition coefficient (Wildman–Crippen LogP) is 2.09. The summed E-state index contributed by atoms with van der Waals surface area (Å²) >= 11 is 0. The lowest BCUT2D eigenvalue weighted by Crippen LogP contribution is -2.34. The van der Waals surface area contributed by atoms with Crippen LogP contribution in [0.4, 0.5) is 13.2 Å². The van der Waals surface area contributed by atoms with E-state index in [2.05, 4.69) is 0 Å². The molecule has 2 nitrogen and oxygen atoms in total. The van der Waals surface area contributed by atoms with Gasteiger partial charge in [0.25, 0.3) is 0 Å². The normalized spacial score (nSPS) is 11.9. The molecule has 0 aromatic heterocycles. The van der Waals surface area contributed by atoms with E-state index in [1.165, 1.54) is 0 Å². The lowest BCUT2D eigenvalue weighted by Gasteiger charge is -2.19. The number of hydrogen-bond acceptors (Lipinski definition) is 2. The second-order valence-corrected chi connectivity index (χ2v) is 4.16. The fourth-order valence-corrected chi connectivity index (χ4v) is 1.26. The number of aromatic hydroxyl groups is 1. The highest BCUT2D eigenvalue weighted by atomic mass is 19.2. The summed E-state index contributed by atoms with van der Waals surface area (Å²) in [6.07, 6.45) is 0.00356. The van der Waals surface area contributed by atoms with Gasteiger partial charge in [-0.15, -0.1) is 0 Å². The Balaban J connectivity index is 3.21. The summed E-state index contributed by atoms with van der Waals surface area (Å²) in [5.41, 5.74) is 4.70. The number of phenols is 1. The van der Waals surface area contributed by atoms with E-state index >= 15 is 0 Å². The maximum Gasteiger partial charge on any atom is 0.203 e. The fraction of sp³-hybridized carbons (Fsp3) is 0.400. The zero-order chi connectivity index (χ0) is 11.8. The minimum atomic E-state index is -1.58. The molecule has 0 aliphatic rings. The third-order valence-corrected chi connectivity index (χ3v) is 1.85. The molecule has 0 spiro atoms. The van der Waals surface area contributed by atoms with Crippen LogP contribution in [0.1, 0.15) is 19.4 Å². The molecule has 0 saturated carbocycles. The average Bonchev–Trinajstić information content (AvgIpc) is 2.08. The van der Waals surface area contributed by atoms with Gasteiger partial charge in [-0.1, -0.05) is 0 Å². The molecular weight excluding hydrogens is 207 g/mol. The van der Waals surface area contributed by atoms with Crippen molar-refractivity contribution in [2.45, 2.75) is 25.8 Å². The van der Waals surface area contributed by atoms with E-state index < -0.39 is 28.7 Å². The molecule has 0 radical (unpaired) electrons. The van der Waals surface area contributed by atoms with Crippen molar-refractivity contribution in [1.29, 1.82) is 0 Å². The van der Waals surface area contributed by atoms with Crippen LogP contribution in [-0.2, 0) is 6.42 Å². The molecule has 15 heavy (non-hydrogen) atoms. The Hall–Kier alpha value is -1.23. The van der Waals surface area contributed by atoms with Crippen LogP contribution in [0.25, 0.3) is 0 Å². The Morgan fingerprint density at radius 2 is 1.80 bits per heavy atom. The predicted molar refractivity (Wildman–Crippen MR) is 50.0 cm³/mol. The third kappa shape index (κ3) is 2.62. The minimum absolute atomic E-state index is 0.00356. The van der Waals surface area contributed by atoms with Gasteiger partial charge in [-0.05, 0) is 31.9 Å². The number of nitrogens with two attached hydrogens (primary N) is 1. The van der Waals surface area contributed by atoms with Crippen molar-refractivity contribution < 1.29 is 18.3 Å². The van der Waals surface area contributed by atoms with Crippen molar-refractivity contribution in [3.8, 4) is 5.75 Å². The van der Waals surface area contributed by atoms with Crippen molar-refractivity contribution in [1.82, 2.24) is 0 Å². The first-order valence-electron chi connectivity index (χ1n) is 4.36.